The first-order chi connectivity index (χ1) is 8.52. The maximum absolute atomic E-state index is 5.27. The van der Waals surface area contributed by atoms with Crippen LogP contribution in [0.3, 0.4) is 0 Å². The Balaban J connectivity index is 2.16. The Kier molecular flexibility index (Phi) is 6.89. The third kappa shape index (κ3) is 5.50. The number of nitrogens with zero attached hydrogens (tertiary/aromatic N) is 1. The zero-order valence-corrected chi connectivity index (χ0v) is 12.8. The Labute approximate surface area is 116 Å². The second kappa shape index (κ2) is 7.92. The Morgan fingerprint density at radius 3 is 2.72 bits per heavy atom. The lowest BCUT2D eigenvalue weighted by atomic mass is 10.1. The summed E-state index contributed by atoms with van der Waals surface area (Å²) in [7, 11) is 1.70. The van der Waals surface area contributed by atoms with Crippen molar-refractivity contribution in [1.29, 1.82) is 0 Å². The number of thiocarbonyl (C=S) groups is 1. The van der Waals surface area contributed by atoms with Gasteiger partial charge in [-0.1, -0.05) is 0 Å². The molecule has 0 bridgehead atoms. The van der Waals surface area contributed by atoms with Gasteiger partial charge in [0.25, 0.3) is 0 Å². The number of hydrogen-bond acceptors (Lipinski definition) is 3. The normalized spacial score (nSPS) is 22.2. The van der Waals surface area contributed by atoms with Crippen LogP contribution >= 0.6 is 12.2 Å². The van der Waals surface area contributed by atoms with E-state index in [1.165, 1.54) is 19.5 Å². The van der Waals surface area contributed by atoms with E-state index in [0.29, 0.717) is 18.6 Å². The first-order valence-electron chi connectivity index (χ1n) is 6.80. The molecule has 1 aliphatic heterocycles. The van der Waals surface area contributed by atoms with E-state index in [0.717, 1.165) is 11.7 Å². The molecule has 1 heterocycles. The van der Waals surface area contributed by atoms with Gasteiger partial charge in [-0.3, -0.25) is 0 Å². The minimum atomic E-state index is 0.255. The van der Waals surface area contributed by atoms with Crippen molar-refractivity contribution < 1.29 is 4.74 Å². The predicted molar refractivity (Wildman–Crippen MR) is 79.9 cm³/mol. The van der Waals surface area contributed by atoms with Crippen molar-refractivity contribution >= 4 is 17.3 Å². The minimum Gasteiger partial charge on any atom is -0.383 e. The van der Waals surface area contributed by atoms with E-state index in [4.69, 9.17) is 17.0 Å². The van der Waals surface area contributed by atoms with Crippen molar-refractivity contribution in [3.63, 3.8) is 0 Å². The monoisotopic (exact) mass is 273 g/mol. The van der Waals surface area contributed by atoms with Crippen LogP contribution in [0.2, 0.25) is 0 Å². The zero-order valence-electron chi connectivity index (χ0n) is 12.0. The van der Waals surface area contributed by atoms with Gasteiger partial charge in [-0.05, 0) is 51.9 Å². The van der Waals surface area contributed by atoms with Crippen molar-refractivity contribution in [2.75, 3.05) is 33.4 Å². The van der Waals surface area contributed by atoms with Gasteiger partial charge in [-0.2, -0.15) is 0 Å². The van der Waals surface area contributed by atoms with Crippen LogP contribution in [0.5, 0.6) is 0 Å². The topological polar surface area (TPSA) is 36.5 Å². The fourth-order valence-electron chi connectivity index (χ4n) is 2.30. The van der Waals surface area contributed by atoms with Gasteiger partial charge in [0.2, 0.25) is 0 Å². The van der Waals surface area contributed by atoms with E-state index < -0.39 is 0 Å². The van der Waals surface area contributed by atoms with E-state index in [1.54, 1.807) is 7.11 Å². The molecule has 2 atom stereocenters. The van der Waals surface area contributed by atoms with Crippen LogP contribution in [0, 0.1) is 5.92 Å². The third-order valence-corrected chi connectivity index (χ3v) is 3.66. The molecule has 5 heteroatoms. The molecular weight excluding hydrogens is 246 g/mol. The first-order valence-corrected chi connectivity index (χ1v) is 7.21. The molecule has 0 spiro atoms. The van der Waals surface area contributed by atoms with Crippen molar-refractivity contribution in [2.45, 2.75) is 39.3 Å². The molecule has 0 aromatic heterocycles. The van der Waals surface area contributed by atoms with Gasteiger partial charge in [0.1, 0.15) is 0 Å². The predicted octanol–water partition coefficient (Wildman–Crippen LogP) is 1.22. The van der Waals surface area contributed by atoms with Gasteiger partial charge in [-0.25, -0.2) is 0 Å². The summed E-state index contributed by atoms with van der Waals surface area (Å²) in [6, 6.07) is 0.910. The molecule has 2 N–H and O–H groups in total. The number of ether oxygens (including phenoxy) is 1. The van der Waals surface area contributed by atoms with Crippen LogP contribution in [-0.2, 0) is 4.74 Å². The highest BCUT2D eigenvalue weighted by molar-refractivity contribution is 7.80. The molecule has 0 amide bonds. The fourth-order valence-corrected chi connectivity index (χ4v) is 2.59. The van der Waals surface area contributed by atoms with Crippen molar-refractivity contribution in [3.8, 4) is 0 Å². The molecule has 0 aliphatic carbocycles. The molecule has 0 saturated carbocycles. The van der Waals surface area contributed by atoms with E-state index in [9.17, 15) is 0 Å². The molecule has 106 valence electrons. The van der Waals surface area contributed by atoms with E-state index in [2.05, 4.69) is 36.3 Å². The standard InChI is InChI=1S/C13H27N3OS/c1-10(2)16-6-5-12(8-16)7-14-13(18)15-11(3)9-17-4/h10-12H,5-9H2,1-4H3,(H2,14,15,18). The summed E-state index contributed by atoms with van der Waals surface area (Å²) in [4.78, 5) is 2.52. The van der Waals surface area contributed by atoms with Crippen molar-refractivity contribution in [1.82, 2.24) is 15.5 Å². The second-order valence-corrected chi connectivity index (χ2v) is 5.86. The van der Waals surface area contributed by atoms with E-state index in [-0.39, 0.29) is 6.04 Å². The van der Waals surface area contributed by atoms with Gasteiger partial charge >= 0.3 is 0 Å². The number of likely N-dealkylation sites (tertiary alicyclic amines) is 1. The highest BCUT2D eigenvalue weighted by atomic mass is 32.1. The number of hydrogen-bond donors (Lipinski definition) is 2. The highest BCUT2D eigenvalue weighted by Gasteiger charge is 2.23. The lowest BCUT2D eigenvalue weighted by molar-refractivity contribution is 0.179. The average molecular weight is 273 g/mol. The summed E-state index contributed by atoms with van der Waals surface area (Å²) in [5.74, 6) is 0.713. The van der Waals surface area contributed by atoms with Gasteiger partial charge in [-0.15, -0.1) is 0 Å². The molecule has 1 saturated heterocycles. The van der Waals surface area contributed by atoms with Crippen molar-refractivity contribution in [2.24, 2.45) is 5.92 Å². The van der Waals surface area contributed by atoms with Crippen LogP contribution in [-0.4, -0.2) is 55.4 Å². The number of methoxy groups -OCH3 is 1. The highest BCUT2D eigenvalue weighted by Crippen LogP contribution is 2.17. The smallest absolute Gasteiger partial charge is 0.166 e. The molecule has 0 aromatic rings. The summed E-state index contributed by atoms with van der Waals surface area (Å²) in [6.45, 7) is 10.6. The summed E-state index contributed by atoms with van der Waals surface area (Å²) in [6.07, 6.45) is 1.27. The van der Waals surface area contributed by atoms with Gasteiger partial charge in [0.15, 0.2) is 5.11 Å². The SMILES string of the molecule is COCC(C)NC(=S)NCC1CCN(C(C)C)C1. The molecule has 18 heavy (non-hydrogen) atoms. The quantitative estimate of drug-likeness (QED) is 0.712. The first kappa shape index (κ1) is 15.7. The van der Waals surface area contributed by atoms with Crippen molar-refractivity contribution in [3.05, 3.63) is 0 Å². The van der Waals surface area contributed by atoms with Gasteiger partial charge in [0.05, 0.1) is 6.61 Å². The second-order valence-electron chi connectivity index (χ2n) is 5.45. The Morgan fingerprint density at radius 1 is 1.44 bits per heavy atom. The van der Waals surface area contributed by atoms with E-state index >= 15 is 0 Å². The summed E-state index contributed by atoms with van der Waals surface area (Å²) < 4.78 is 5.07. The summed E-state index contributed by atoms with van der Waals surface area (Å²) >= 11 is 5.27. The average Bonchev–Trinajstić information content (AvgIpc) is 2.75. The fraction of sp³-hybridized carbons (Fsp3) is 0.923. The number of rotatable bonds is 6. The van der Waals surface area contributed by atoms with Crippen LogP contribution in [0.25, 0.3) is 0 Å². The zero-order chi connectivity index (χ0) is 13.5. The lowest BCUT2D eigenvalue weighted by Crippen LogP contribution is -2.44. The molecule has 1 fully saturated rings. The summed E-state index contributed by atoms with van der Waals surface area (Å²) in [5.41, 5.74) is 0. The lowest BCUT2D eigenvalue weighted by Gasteiger charge is -2.21. The molecule has 1 rings (SSSR count). The maximum Gasteiger partial charge on any atom is 0.166 e. The Bertz CT molecular complexity index is 261. The molecular formula is C13H27N3OS. The van der Waals surface area contributed by atoms with Crippen LogP contribution in [0.4, 0.5) is 0 Å². The van der Waals surface area contributed by atoms with Crippen LogP contribution < -0.4 is 10.6 Å². The largest absolute Gasteiger partial charge is 0.383 e. The van der Waals surface area contributed by atoms with Gasteiger partial charge in [0, 0.05) is 32.3 Å². The van der Waals surface area contributed by atoms with Crippen LogP contribution in [0.1, 0.15) is 27.2 Å². The Morgan fingerprint density at radius 2 is 2.17 bits per heavy atom. The summed E-state index contributed by atoms with van der Waals surface area (Å²) in [5, 5.41) is 7.27. The number of nitrogens with one attached hydrogen (secondary N) is 2. The molecule has 0 aromatic carbocycles. The van der Waals surface area contributed by atoms with Gasteiger partial charge < -0.3 is 20.3 Å². The molecule has 0 radical (unpaired) electrons. The van der Waals surface area contributed by atoms with Crippen LogP contribution in [0.15, 0.2) is 0 Å². The molecule has 2 unspecified atom stereocenters. The third-order valence-electron chi connectivity index (χ3n) is 3.39. The van der Waals surface area contributed by atoms with E-state index in [1.807, 2.05) is 0 Å². The molecule has 1 aliphatic rings. The Hall–Kier alpha value is -0.390. The molecule has 4 nitrogen and oxygen atoms in total. The minimum absolute atomic E-state index is 0.255. The maximum atomic E-state index is 5.27.